The standard InChI is InChI=1S/C14H20N2O3S/c1-11-6-2-5-9-13(11)20(18,19)16(10-14(15)17)12-7-3-4-8-12/h2,5-6,9,12H,3-4,7-8,10H2,1H3,(H2,15,17). The monoisotopic (exact) mass is 296 g/mol. The highest BCUT2D eigenvalue weighted by Gasteiger charge is 2.34. The Kier molecular flexibility index (Phi) is 4.45. The molecule has 0 spiro atoms. The van der Waals surface area contributed by atoms with Crippen molar-refractivity contribution in [1.29, 1.82) is 0 Å². The molecule has 0 saturated heterocycles. The third-order valence-electron chi connectivity index (χ3n) is 3.72. The van der Waals surface area contributed by atoms with Crippen molar-refractivity contribution in [3.05, 3.63) is 29.8 Å². The third kappa shape index (κ3) is 3.02. The van der Waals surface area contributed by atoms with Crippen LogP contribution in [0.5, 0.6) is 0 Å². The lowest BCUT2D eigenvalue weighted by molar-refractivity contribution is -0.118. The van der Waals surface area contributed by atoms with Crippen molar-refractivity contribution in [2.24, 2.45) is 5.73 Å². The normalized spacial score (nSPS) is 16.7. The molecule has 110 valence electrons. The van der Waals surface area contributed by atoms with Gasteiger partial charge >= 0.3 is 0 Å². The summed E-state index contributed by atoms with van der Waals surface area (Å²) in [5.74, 6) is -0.617. The number of benzene rings is 1. The number of amides is 1. The van der Waals surface area contributed by atoms with Crippen molar-refractivity contribution < 1.29 is 13.2 Å². The Morgan fingerprint density at radius 1 is 1.30 bits per heavy atom. The fourth-order valence-corrected chi connectivity index (χ4v) is 4.61. The fraction of sp³-hybridized carbons (Fsp3) is 0.500. The van der Waals surface area contributed by atoms with E-state index in [9.17, 15) is 13.2 Å². The summed E-state index contributed by atoms with van der Waals surface area (Å²) in [6.07, 6.45) is 3.56. The SMILES string of the molecule is Cc1ccccc1S(=O)(=O)N(CC(N)=O)C1CCCC1. The maximum atomic E-state index is 12.8. The lowest BCUT2D eigenvalue weighted by Crippen LogP contribution is -2.44. The number of aryl methyl sites for hydroxylation is 1. The van der Waals surface area contributed by atoms with E-state index in [0.29, 0.717) is 5.56 Å². The summed E-state index contributed by atoms with van der Waals surface area (Å²) in [5.41, 5.74) is 5.91. The van der Waals surface area contributed by atoms with Crippen molar-refractivity contribution in [2.75, 3.05) is 6.54 Å². The summed E-state index contributed by atoms with van der Waals surface area (Å²) >= 11 is 0. The van der Waals surface area contributed by atoms with Crippen LogP contribution < -0.4 is 5.73 Å². The van der Waals surface area contributed by atoms with Gasteiger partial charge in [0.05, 0.1) is 11.4 Å². The van der Waals surface area contributed by atoms with Crippen molar-refractivity contribution in [2.45, 2.75) is 43.5 Å². The minimum Gasteiger partial charge on any atom is -0.369 e. The van der Waals surface area contributed by atoms with Crippen LogP contribution in [0, 0.1) is 6.92 Å². The summed E-state index contributed by atoms with van der Waals surface area (Å²) in [6.45, 7) is 1.51. The summed E-state index contributed by atoms with van der Waals surface area (Å²) in [7, 11) is -3.68. The number of primary amides is 1. The predicted molar refractivity (Wildman–Crippen MR) is 76.5 cm³/mol. The average Bonchev–Trinajstić information content (AvgIpc) is 2.89. The van der Waals surface area contributed by atoms with E-state index in [1.807, 2.05) is 0 Å². The smallest absolute Gasteiger partial charge is 0.244 e. The Morgan fingerprint density at radius 3 is 2.45 bits per heavy atom. The third-order valence-corrected chi connectivity index (χ3v) is 5.78. The molecule has 20 heavy (non-hydrogen) atoms. The highest BCUT2D eigenvalue weighted by Crippen LogP contribution is 2.29. The van der Waals surface area contributed by atoms with Gasteiger partial charge in [-0.3, -0.25) is 4.79 Å². The zero-order valence-corrected chi connectivity index (χ0v) is 12.4. The molecule has 1 aliphatic carbocycles. The second kappa shape index (κ2) is 5.93. The Bertz CT molecular complexity index is 592. The summed E-state index contributed by atoms with van der Waals surface area (Å²) in [5, 5.41) is 0. The second-order valence-corrected chi connectivity index (χ2v) is 7.08. The Labute approximate surface area is 119 Å². The molecule has 0 aliphatic heterocycles. The zero-order valence-electron chi connectivity index (χ0n) is 11.6. The second-order valence-electron chi connectivity index (χ2n) is 5.22. The first-order valence-corrected chi connectivity index (χ1v) is 8.22. The molecule has 1 fully saturated rings. The summed E-state index contributed by atoms with van der Waals surface area (Å²) in [6, 6.07) is 6.70. The van der Waals surface area contributed by atoms with Crippen molar-refractivity contribution in [3.63, 3.8) is 0 Å². The molecule has 6 heteroatoms. The van der Waals surface area contributed by atoms with Crippen LogP contribution in [0.15, 0.2) is 29.2 Å². The topological polar surface area (TPSA) is 80.5 Å². The fourth-order valence-electron chi connectivity index (χ4n) is 2.73. The maximum absolute atomic E-state index is 12.8. The van der Waals surface area contributed by atoms with Crippen LogP contribution >= 0.6 is 0 Å². The van der Waals surface area contributed by atoms with E-state index < -0.39 is 15.9 Å². The van der Waals surface area contributed by atoms with E-state index in [2.05, 4.69) is 0 Å². The van der Waals surface area contributed by atoms with Gasteiger partial charge in [-0.25, -0.2) is 8.42 Å². The summed E-state index contributed by atoms with van der Waals surface area (Å²) in [4.78, 5) is 11.5. The summed E-state index contributed by atoms with van der Waals surface area (Å²) < 4.78 is 26.9. The number of rotatable bonds is 5. The Hall–Kier alpha value is -1.40. The highest BCUT2D eigenvalue weighted by atomic mass is 32.2. The van der Waals surface area contributed by atoms with E-state index >= 15 is 0 Å². The molecular formula is C14H20N2O3S. The van der Waals surface area contributed by atoms with Crippen LogP contribution in [-0.4, -0.2) is 31.2 Å². The molecule has 0 bridgehead atoms. The van der Waals surface area contributed by atoms with Gasteiger partial charge in [0.1, 0.15) is 0 Å². The van der Waals surface area contributed by atoms with E-state index in [1.54, 1.807) is 31.2 Å². The lowest BCUT2D eigenvalue weighted by Gasteiger charge is -2.27. The molecule has 0 heterocycles. The average molecular weight is 296 g/mol. The van der Waals surface area contributed by atoms with Crippen LogP contribution in [0.2, 0.25) is 0 Å². The van der Waals surface area contributed by atoms with Crippen LogP contribution in [0.25, 0.3) is 0 Å². The molecule has 1 aliphatic rings. The number of carbonyl (C=O) groups excluding carboxylic acids is 1. The van der Waals surface area contributed by atoms with Crippen LogP contribution in [0.3, 0.4) is 0 Å². The van der Waals surface area contributed by atoms with Gasteiger partial charge in [-0.1, -0.05) is 31.0 Å². The number of nitrogens with zero attached hydrogens (tertiary/aromatic N) is 1. The molecule has 0 atom stereocenters. The highest BCUT2D eigenvalue weighted by molar-refractivity contribution is 7.89. The molecule has 0 unspecified atom stereocenters. The molecule has 1 aromatic carbocycles. The van der Waals surface area contributed by atoms with E-state index in [-0.39, 0.29) is 17.5 Å². The van der Waals surface area contributed by atoms with Gasteiger partial charge in [0, 0.05) is 6.04 Å². The molecule has 0 aromatic heterocycles. The van der Waals surface area contributed by atoms with E-state index in [0.717, 1.165) is 25.7 Å². The molecule has 2 rings (SSSR count). The molecular weight excluding hydrogens is 276 g/mol. The van der Waals surface area contributed by atoms with Crippen molar-refractivity contribution in [1.82, 2.24) is 4.31 Å². The first kappa shape index (κ1) is 15.0. The predicted octanol–water partition coefficient (Wildman–Crippen LogP) is 1.41. The number of nitrogens with two attached hydrogens (primary N) is 1. The van der Waals surface area contributed by atoms with Gasteiger partial charge in [0.2, 0.25) is 15.9 Å². The number of hydrogen-bond acceptors (Lipinski definition) is 3. The van der Waals surface area contributed by atoms with Crippen LogP contribution in [-0.2, 0) is 14.8 Å². The molecule has 1 aromatic rings. The van der Waals surface area contributed by atoms with Gasteiger partial charge in [-0.2, -0.15) is 4.31 Å². The van der Waals surface area contributed by atoms with E-state index in [4.69, 9.17) is 5.73 Å². The zero-order chi connectivity index (χ0) is 14.8. The minimum atomic E-state index is -3.68. The first-order chi connectivity index (χ1) is 9.43. The minimum absolute atomic E-state index is 0.118. The van der Waals surface area contributed by atoms with Crippen LogP contribution in [0.1, 0.15) is 31.2 Å². The van der Waals surface area contributed by atoms with Crippen LogP contribution in [0.4, 0.5) is 0 Å². The quantitative estimate of drug-likeness (QED) is 0.892. The van der Waals surface area contributed by atoms with E-state index in [1.165, 1.54) is 4.31 Å². The van der Waals surface area contributed by atoms with Gasteiger partial charge in [-0.15, -0.1) is 0 Å². The Balaban J connectivity index is 2.41. The lowest BCUT2D eigenvalue weighted by atomic mass is 10.2. The largest absolute Gasteiger partial charge is 0.369 e. The molecule has 0 radical (unpaired) electrons. The first-order valence-electron chi connectivity index (χ1n) is 6.78. The van der Waals surface area contributed by atoms with Gasteiger partial charge in [0.25, 0.3) is 0 Å². The number of carbonyl (C=O) groups is 1. The van der Waals surface area contributed by atoms with Crippen molar-refractivity contribution >= 4 is 15.9 Å². The number of hydrogen-bond donors (Lipinski definition) is 1. The molecule has 2 N–H and O–H groups in total. The van der Waals surface area contributed by atoms with Gasteiger partial charge in [0.15, 0.2) is 0 Å². The molecule has 1 amide bonds. The maximum Gasteiger partial charge on any atom is 0.244 e. The van der Waals surface area contributed by atoms with Gasteiger partial charge in [-0.05, 0) is 31.4 Å². The van der Waals surface area contributed by atoms with Crippen molar-refractivity contribution in [3.8, 4) is 0 Å². The molecule has 1 saturated carbocycles. The molecule has 5 nitrogen and oxygen atoms in total. The van der Waals surface area contributed by atoms with Gasteiger partial charge < -0.3 is 5.73 Å². The Morgan fingerprint density at radius 2 is 1.90 bits per heavy atom. The number of sulfonamides is 1.